The second kappa shape index (κ2) is 4.53. The van der Waals surface area contributed by atoms with Gasteiger partial charge in [0.25, 0.3) is 0 Å². The Morgan fingerprint density at radius 1 is 1.18 bits per heavy atom. The molecule has 0 atom stereocenters. The second-order valence-corrected chi connectivity index (χ2v) is 4.25. The van der Waals surface area contributed by atoms with Crippen LogP contribution in [0.2, 0.25) is 0 Å². The zero-order chi connectivity index (χ0) is 11.5. The third kappa shape index (κ3) is 2.27. The van der Waals surface area contributed by atoms with E-state index in [1.165, 1.54) is 30.4 Å². The lowest BCUT2D eigenvalue weighted by Gasteiger charge is -2.16. The molecule has 88 valence electrons. The molecule has 5 nitrogen and oxygen atoms in total. The van der Waals surface area contributed by atoms with Crippen molar-refractivity contribution in [2.75, 3.05) is 0 Å². The number of nitrogens with one attached hydrogen (secondary N) is 1. The van der Waals surface area contributed by atoms with Crippen LogP contribution in [0.15, 0.2) is 18.2 Å². The van der Waals surface area contributed by atoms with Crippen molar-refractivity contribution >= 4 is 0 Å². The molecule has 1 aromatic carbocycles. The van der Waals surface area contributed by atoms with Gasteiger partial charge in [0.1, 0.15) is 5.75 Å². The molecule has 0 spiro atoms. The highest BCUT2D eigenvalue weighted by molar-refractivity contribution is 5.37. The maximum Gasteiger partial charge on any atom is 0.211 e. The van der Waals surface area contributed by atoms with Crippen molar-refractivity contribution in [3.63, 3.8) is 0 Å². The number of ether oxygens (including phenoxy) is 1. The van der Waals surface area contributed by atoms with E-state index in [4.69, 9.17) is 4.74 Å². The summed E-state index contributed by atoms with van der Waals surface area (Å²) in [7, 11) is 0. The molecule has 0 unspecified atom stereocenters. The van der Waals surface area contributed by atoms with E-state index < -0.39 is 0 Å². The van der Waals surface area contributed by atoms with Gasteiger partial charge in [-0.05, 0) is 48.9 Å². The highest BCUT2D eigenvalue weighted by Gasteiger charge is 2.10. The van der Waals surface area contributed by atoms with E-state index in [-0.39, 0.29) is 0 Å². The number of fused-ring (bicyclic) bond motifs is 1. The summed E-state index contributed by atoms with van der Waals surface area (Å²) in [5.74, 6) is 1.46. The van der Waals surface area contributed by atoms with Crippen molar-refractivity contribution in [2.45, 2.75) is 32.3 Å². The van der Waals surface area contributed by atoms with E-state index >= 15 is 0 Å². The largest absolute Gasteiger partial charge is 0.485 e. The lowest BCUT2D eigenvalue weighted by atomic mass is 9.92. The van der Waals surface area contributed by atoms with Gasteiger partial charge in [0, 0.05) is 0 Å². The second-order valence-electron chi connectivity index (χ2n) is 4.25. The first-order chi connectivity index (χ1) is 8.42. The number of aromatic nitrogens is 4. The Morgan fingerprint density at radius 2 is 2.06 bits per heavy atom. The quantitative estimate of drug-likeness (QED) is 0.871. The van der Waals surface area contributed by atoms with Gasteiger partial charge in [0.05, 0.1) is 0 Å². The van der Waals surface area contributed by atoms with Crippen LogP contribution in [-0.4, -0.2) is 20.6 Å². The van der Waals surface area contributed by atoms with Gasteiger partial charge in [-0.1, -0.05) is 11.3 Å². The predicted octanol–water partition coefficient (Wildman–Crippen LogP) is 1.66. The Hall–Kier alpha value is -1.91. The molecule has 3 rings (SSSR count). The first-order valence-electron chi connectivity index (χ1n) is 5.89. The van der Waals surface area contributed by atoms with E-state index in [0.29, 0.717) is 12.4 Å². The molecule has 2 aromatic rings. The van der Waals surface area contributed by atoms with Crippen LogP contribution in [0, 0.1) is 0 Å². The first-order valence-corrected chi connectivity index (χ1v) is 5.89. The number of aromatic amines is 1. The third-order valence-corrected chi connectivity index (χ3v) is 3.08. The fourth-order valence-corrected chi connectivity index (χ4v) is 2.19. The molecule has 0 saturated carbocycles. The zero-order valence-electron chi connectivity index (χ0n) is 9.52. The van der Waals surface area contributed by atoms with E-state index in [2.05, 4.69) is 32.8 Å². The fourth-order valence-electron chi connectivity index (χ4n) is 2.19. The summed E-state index contributed by atoms with van der Waals surface area (Å²) in [6.07, 6.45) is 4.94. The lowest BCUT2D eigenvalue weighted by molar-refractivity contribution is 0.295. The van der Waals surface area contributed by atoms with Gasteiger partial charge >= 0.3 is 0 Å². The average molecular weight is 230 g/mol. The van der Waals surface area contributed by atoms with E-state index in [1.807, 2.05) is 6.07 Å². The summed E-state index contributed by atoms with van der Waals surface area (Å²) in [5, 5.41) is 13.6. The van der Waals surface area contributed by atoms with Crippen LogP contribution in [0.1, 0.15) is 29.8 Å². The van der Waals surface area contributed by atoms with Gasteiger partial charge in [-0.2, -0.15) is 5.21 Å². The summed E-state index contributed by atoms with van der Waals surface area (Å²) in [4.78, 5) is 0. The Bertz CT molecular complexity index is 495. The number of hydrogen-bond donors (Lipinski definition) is 1. The molecule has 1 aliphatic rings. The summed E-state index contributed by atoms with van der Waals surface area (Å²) in [6.45, 7) is 0.356. The molecule has 1 aromatic heterocycles. The van der Waals surface area contributed by atoms with Gasteiger partial charge in [-0.3, -0.25) is 0 Å². The molecule has 0 saturated heterocycles. The normalized spacial score (nSPS) is 14.4. The SMILES string of the molecule is c1cc2c(cc1OCc1nn[nH]n1)CCCC2. The number of tetrazole rings is 1. The van der Waals surface area contributed by atoms with Crippen LogP contribution in [-0.2, 0) is 19.4 Å². The Morgan fingerprint density at radius 3 is 2.88 bits per heavy atom. The molecule has 0 aliphatic heterocycles. The highest BCUT2D eigenvalue weighted by atomic mass is 16.5. The summed E-state index contributed by atoms with van der Waals surface area (Å²) in [5.41, 5.74) is 2.88. The van der Waals surface area contributed by atoms with Crippen LogP contribution in [0.25, 0.3) is 0 Å². The Labute approximate surface area is 99.2 Å². The molecular formula is C12H14N4O. The maximum absolute atomic E-state index is 5.63. The fraction of sp³-hybridized carbons (Fsp3) is 0.417. The lowest BCUT2D eigenvalue weighted by Crippen LogP contribution is -2.04. The van der Waals surface area contributed by atoms with E-state index in [0.717, 1.165) is 12.2 Å². The van der Waals surface area contributed by atoms with E-state index in [1.54, 1.807) is 0 Å². The minimum atomic E-state index is 0.356. The van der Waals surface area contributed by atoms with Crippen molar-refractivity contribution in [3.8, 4) is 5.75 Å². The molecule has 0 amide bonds. The van der Waals surface area contributed by atoms with Crippen LogP contribution in [0.3, 0.4) is 0 Å². The van der Waals surface area contributed by atoms with Gasteiger partial charge in [-0.15, -0.1) is 10.2 Å². The van der Waals surface area contributed by atoms with Crippen molar-refractivity contribution in [1.82, 2.24) is 20.6 Å². The Balaban J connectivity index is 1.71. The summed E-state index contributed by atoms with van der Waals surface area (Å²) >= 11 is 0. The van der Waals surface area contributed by atoms with Crippen molar-refractivity contribution in [2.24, 2.45) is 0 Å². The van der Waals surface area contributed by atoms with Gasteiger partial charge < -0.3 is 4.74 Å². The molecule has 0 radical (unpaired) electrons. The number of rotatable bonds is 3. The first kappa shape index (κ1) is 10.3. The number of aryl methyl sites for hydroxylation is 2. The van der Waals surface area contributed by atoms with E-state index in [9.17, 15) is 0 Å². The minimum Gasteiger partial charge on any atom is -0.485 e. The molecule has 17 heavy (non-hydrogen) atoms. The molecule has 0 bridgehead atoms. The molecule has 1 aliphatic carbocycles. The molecule has 1 heterocycles. The summed E-state index contributed by atoms with van der Waals surface area (Å²) in [6, 6.07) is 6.32. The average Bonchev–Trinajstić information content (AvgIpc) is 2.89. The van der Waals surface area contributed by atoms with Crippen LogP contribution >= 0.6 is 0 Å². The molecule has 1 N–H and O–H groups in total. The zero-order valence-corrected chi connectivity index (χ0v) is 9.52. The third-order valence-electron chi connectivity index (χ3n) is 3.08. The smallest absolute Gasteiger partial charge is 0.211 e. The number of H-pyrrole nitrogens is 1. The standard InChI is InChI=1S/C12H14N4O/c1-2-4-10-7-11(6-5-9(10)3-1)17-8-12-13-15-16-14-12/h5-7H,1-4,8H2,(H,13,14,15,16). The van der Waals surface area contributed by atoms with Crippen LogP contribution < -0.4 is 4.74 Å². The monoisotopic (exact) mass is 230 g/mol. The Kier molecular flexibility index (Phi) is 2.73. The van der Waals surface area contributed by atoms with Gasteiger partial charge in [0.15, 0.2) is 6.61 Å². The van der Waals surface area contributed by atoms with Crippen LogP contribution in [0.4, 0.5) is 0 Å². The number of benzene rings is 1. The van der Waals surface area contributed by atoms with Crippen LogP contribution in [0.5, 0.6) is 5.75 Å². The van der Waals surface area contributed by atoms with Gasteiger partial charge in [-0.25, -0.2) is 0 Å². The maximum atomic E-state index is 5.63. The predicted molar refractivity (Wildman–Crippen MR) is 61.6 cm³/mol. The summed E-state index contributed by atoms with van der Waals surface area (Å²) < 4.78 is 5.63. The van der Waals surface area contributed by atoms with Crippen molar-refractivity contribution < 1.29 is 4.74 Å². The van der Waals surface area contributed by atoms with Gasteiger partial charge in [0.2, 0.25) is 5.82 Å². The highest BCUT2D eigenvalue weighted by Crippen LogP contribution is 2.25. The number of hydrogen-bond acceptors (Lipinski definition) is 4. The molecular weight excluding hydrogens is 216 g/mol. The number of nitrogens with zero attached hydrogens (tertiary/aromatic N) is 3. The van der Waals surface area contributed by atoms with Crippen molar-refractivity contribution in [3.05, 3.63) is 35.2 Å². The molecule has 5 heteroatoms. The van der Waals surface area contributed by atoms with Crippen molar-refractivity contribution in [1.29, 1.82) is 0 Å². The topological polar surface area (TPSA) is 63.7 Å². The molecule has 0 fully saturated rings. The minimum absolute atomic E-state index is 0.356.